The zero-order chi connectivity index (χ0) is 59.7. The normalized spacial score (nSPS) is 25.9. The van der Waals surface area contributed by atoms with Gasteiger partial charge in [-0.05, 0) is 123 Å². The molecule has 0 unspecified atom stereocenters. The Bertz CT molecular complexity index is 3700. The van der Waals surface area contributed by atoms with Crippen molar-refractivity contribution in [2.75, 3.05) is 113 Å². The number of aromatic amines is 1. The number of aromatic nitrogens is 3. The molecule has 8 aliphatic rings. The van der Waals surface area contributed by atoms with Gasteiger partial charge in [0.1, 0.15) is 24.0 Å². The molecule has 14 rings (SSSR count). The van der Waals surface area contributed by atoms with Crippen LogP contribution in [0.25, 0.3) is 11.0 Å². The molecule has 22 nitrogen and oxygen atoms in total. The number of ether oxygens (including phenoxy) is 6. The lowest BCUT2D eigenvalue weighted by molar-refractivity contribution is -0.384. The zero-order valence-electron chi connectivity index (χ0n) is 49.8. The predicted octanol–water partition coefficient (Wildman–Crippen LogP) is 8.37. The number of nitrogens with one attached hydrogen (secondary N) is 3. The molecule has 0 radical (unpaired) electrons. The van der Waals surface area contributed by atoms with E-state index >= 15 is 0 Å². The third-order valence-electron chi connectivity index (χ3n) is 20.4. The van der Waals surface area contributed by atoms with Gasteiger partial charge < -0.3 is 53.4 Å². The monoisotopic (exact) mass is 1210 g/mol. The summed E-state index contributed by atoms with van der Waals surface area (Å²) < 4.78 is 67.2. The van der Waals surface area contributed by atoms with Crippen molar-refractivity contribution in [1.82, 2.24) is 29.5 Å². The van der Waals surface area contributed by atoms with E-state index in [1.165, 1.54) is 17.2 Å². The number of H-pyrrole nitrogens is 1. The summed E-state index contributed by atoms with van der Waals surface area (Å²) in [5.74, 6) is 1.76. The van der Waals surface area contributed by atoms with Crippen LogP contribution in [-0.2, 0) is 30.8 Å². The van der Waals surface area contributed by atoms with Crippen LogP contribution in [0.4, 0.5) is 34.3 Å². The average Bonchev–Trinajstić information content (AvgIpc) is 1.24. The van der Waals surface area contributed by atoms with E-state index in [-0.39, 0.29) is 65.7 Å². The number of sulfonamides is 1. The zero-order valence-corrected chi connectivity index (χ0v) is 50.6. The number of fused-ring (bicyclic) bond motifs is 4. The van der Waals surface area contributed by atoms with Crippen LogP contribution < -0.4 is 38.9 Å². The van der Waals surface area contributed by atoms with E-state index in [0.29, 0.717) is 74.3 Å². The molecule has 6 aromatic rings. The Morgan fingerprint density at radius 3 is 2.51 bits per heavy atom. The van der Waals surface area contributed by atoms with E-state index in [9.17, 15) is 23.3 Å². The fraction of sp³-hybridized carbons (Fsp3) is 0.516. The Labute approximate surface area is 507 Å². The maximum absolute atomic E-state index is 15.0. The summed E-state index contributed by atoms with van der Waals surface area (Å²) in [5, 5.41) is 16.8. The molecule has 5 saturated heterocycles. The highest BCUT2D eigenvalue weighted by molar-refractivity contribution is 7.90. The second-order valence-electron chi connectivity index (χ2n) is 25.1. The molecule has 10 heterocycles. The standard InChI is InChI=1S/C64H77N11O11S/c1-39-7-5-6-8-47(39)55-35-70(34-42-27-57(81-4)61(66-33-42)72-22-26-84-36-40(72)2)20-21-73(55)54-32-64(41(54)3)15-18-71(19-16-64)45-9-10-48(51(29-45)74-50-14-25-83-38-58(50)86-63-53(74)28-44-11-17-65-60(44)68-63)62(76)69-87(79,80)46-30-52(75(77)78)59-56(31-46)85-37-49(67-59)43-12-23-82-24-13-43/h5-11,17,27-31,33,40-41,43,49-50,54-55,58,67H,12-16,18-26,32,34-38H2,1-4H3,(H,65,68)(H,69,76)/t40-,41+,49-,50-,54+,55-,58-/m0/s1. The van der Waals surface area contributed by atoms with Gasteiger partial charge in [-0.3, -0.25) is 24.7 Å². The maximum Gasteiger partial charge on any atom is 0.297 e. The summed E-state index contributed by atoms with van der Waals surface area (Å²) >= 11 is 0. The van der Waals surface area contributed by atoms with Crippen molar-refractivity contribution < 1.29 is 46.6 Å². The number of amides is 1. The second-order valence-corrected chi connectivity index (χ2v) is 26.8. The van der Waals surface area contributed by atoms with Gasteiger partial charge in [0.2, 0.25) is 5.88 Å². The van der Waals surface area contributed by atoms with Crippen molar-refractivity contribution in [1.29, 1.82) is 0 Å². The smallest absolute Gasteiger partial charge is 0.297 e. The van der Waals surface area contributed by atoms with Crippen LogP contribution in [0.5, 0.6) is 17.4 Å². The Morgan fingerprint density at radius 2 is 1.71 bits per heavy atom. The van der Waals surface area contributed by atoms with Gasteiger partial charge in [-0.2, -0.15) is 4.98 Å². The van der Waals surface area contributed by atoms with E-state index in [1.54, 1.807) is 13.2 Å². The van der Waals surface area contributed by atoms with Gasteiger partial charge in [-0.15, -0.1) is 0 Å². The lowest BCUT2D eigenvalue weighted by Crippen LogP contribution is -2.64. The summed E-state index contributed by atoms with van der Waals surface area (Å²) in [5.41, 5.74) is 6.36. The number of piperidine rings is 1. The first kappa shape index (κ1) is 57.5. The van der Waals surface area contributed by atoms with E-state index in [4.69, 9.17) is 38.4 Å². The molecule has 3 aromatic carbocycles. The van der Waals surface area contributed by atoms with Gasteiger partial charge in [0.15, 0.2) is 23.0 Å². The number of carbonyl (C=O) groups excluding carboxylic acids is 1. The lowest BCUT2D eigenvalue weighted by Gasteiger charge is -2.62. The summed E-state index contributed by atoms with van der Waals surface area (Å²) in [6, 6.07) is 23.1. The molecule has 6 fully saturated rings. The first-order chi connectivity index (χ1) is 42.2. The number of carbonyl (C=O) groups is 1. The van der Waals surface area contributed by atoms with Crippen molar-refractivity contribution in [3.63, 3.8) is 0 Å². The SMILES string of the molecule is COc1cc(CN2CCN([C@@H]3CC4(CCN(c5ccc(C(=O)NS(=O)(=O)c6cc7c(c([N+](=O)[O-])c6)N[C@H](C6CCOCC6)CO7)c(N6c7cc8cc[nH]c8nc7O[C@H]7COCC[C@@H]76)c5)CC4)[C@@H]3C)[C@H](c3ccccc3C)C2)cnc1N1CCOC[C@@H]1C. The number of hydrogen-bond acceptors (Lipinski definition) is 19. The molecule has 7 aliphatic heterocycles. The van der Waals surface area contributed by atoms with Crippen molar-refractivity contribution in [3.8, 4) is 17.4 Å². The highest BCUT2D eigenvalue weighted by Crippen LogP contribution is 2.58. The van der Waals surface area contributed by atoms with E-state index in [2.05, 4.69) is 90.6 Å². The van der Waals surface area contributed by atoms with Crippen molar-refractivity contribution in [2.45, 2.75) is 107 Å². The first-order valence-corrected chi connectivity index (χ1v) is 32.4. The van der Waals surface area contributed by atoms with Crippen LogP contribution in [0.3, 0.4) is 0 Å². The Balaban J connectivity index is 0.720. The summed E-state index contributed by atoms with van der Waals surface area (Å²) in [6.07, 6.45) is 8.55. The van der Waals surface area contributed by atoms with Gasteiger partial charge >= 0.3 is 0 Å². The molecule has 87 heavy (non-hydrogen) atoms. The lowest BCUT2D eigenvalue weighted by atomic mass is 9.53. The number of pyridine rings is 2. The highest BCUT2D eigenvalue weighted by atomic mass is 32.2. The van der Waals surface area contributed by atoms with Crippen LogP contribution in [-0.4, -0.2) is 167 Å². The van der Waals surface area contributed by atoms with Crippen molar-refractivity contribution >= 4 is 61.2 Å². The van der Waals surface area contributed by atoms with Crippen LogP contribution >= 0.6 is 0 Å². The second kappa shape index (κ2) is 23.3. The summed E-state index contributed by atoms with van der Waals surface area (Å²) in [4.78, 5) is 51.7. The quantitative estimate of drug-likeness (QED) is 0.0728. The molecule has 3 aromatic heterocycles. The third kappa shape index (κ3) is 10.7. The number of hydrogen-bond donors (Lipinski definition) is 3. The van der Waals surface area contributed by atoms with Crippen molar-refractivity contribution in [2.24, 2.45) is 17.3 Å². The van der Waals surface area contributed by atoms with Gasteiger partial charge in [0.05, 0.1) is 66.1 Å². The number of nitro groups is 1. The van der Waals surface area contributed by atoms with Crippen molar-refractivity contribution in [3.05, 3.63) is 118 Å². The largest absolute Gasteiger partial charge is 0.493 e. The number of nitro benzene ring substituents is 1. The fourth-order valence-corrected chi connectivity index (χ4v) is 16.4. The first-order valence-electron chi connectivity index (χ1n) is 30.9. The van der Waals surface area contributed by atoms with E-state index in [0.717, 1.165) is 112 Å². The average molecular weight is 1210 g/mol. The summed E-state index contributed by atoms with van der Waals surface area (Å²) in [6.45, 7) is 16.2. The predicted molar refractivity (Wildman–Crippen MR) is 328 cm³/mol. The fourth-order valence-electron chi connectivity index (χ4n) is 15.4. The molecule has 7 atom stereocenters. The topological polar surface area (TPSA) is 232 Å². The van der Waals surface area contributed by atoms with Crippen LogP contribution in [0.1, 0.15) is 85.5 Å². The molecular weight excluding hydrogens is 1130 g/mol. The molecule has 1 saturated carbocycles. The number of rotatable bonds is 13. The minimum absolute atomic E-state index is 0.0249. The van der Waals surface area contributed by atoms with Crippen LogP contribution in [0.15, 0.2) is 90.1 Å². The number of morpholine rings is 1. The van der Waals surface area contributed by atoms with E-state index < -0.39 is 37.5 Å². The molecular formula is C64H77N11O11S. The summed E-state index contributed by atoms with van der Waals surface area (Å²) in [7, 11) is -2.99. The van der Waals surface area contributed by atoms with Gasteiger partial charge in [0, 0.05) is 113 Å². The Hall–Kier alpha value is -7.28. The molecule has 1 amide bonds. The Morgan fingerprint density at radius 1 is 0.897 bits per heavy atom. The number of anilines is 5. The van der Waals surface area contributed by atoms with Crippen LogP contribution in [0.2, 0.25) is 0 Å². The highest BCUT2D eigenvalue weighted by Gasteiger charge is 2.56. The number of nitrogens with zero attached hydrogens (tertiary/aromatic N) is 8. The minimum atomic E-state index is -4.72. The third-order valence-corrected chi connectivity index (χ3v) is 21.7. The number of benzene rings is 3. The number of piperazine rings is 1. The molecule has 0 bridgehead atoms. The Kier molecular flexibility index (Phi) is 15.4. The molecule has 23 heteroatoms. The van der Waals surface area contributed by atoms with Gasteiger partial charge in [-0.1, -0.05) is 31.2 Å². The maximum atomic E-state index is 15.0. The van der Waals surface area contributed by atoms with Crippen LogP contribution in [0, 0.1) is 34.3 Å². The molecule has 1 spiro atoms. The van der Waals surface area contributed by atoms with Gasteiger partial charge in [0.25, 0.3) is 21.6 Å². The number of methoxy groups -OCH3 is 1. The number of aryl methyl sites for hydroxylation is 1. The molecule has 460 valence electrons. The molecule has 3 N–H and O–H groups in total. The van der Waals surface area contributed by atoms with E-state index in [1.807, 2.05) is 36.7 Å². The minimum Gasteiger partial charge on any atom is -0.493 e. The molecule has 1 aliphatic carbocycles. The van der Waals surface area contributed by atoms with Gasteiger partial charge in [-0.25, -0.2) is 18.1 Å².